The van der Waals surface area contributed by atoms with Crippen molar-refractivity contribution in [2.24, 2.45) is 11.3 Å². The highest BCUT2D eigenvalue weighted by molar-refractivity contribution is 5.98. The summed E-state index contributed by atoms with van der Waals surface area (Å²) >= 11 is 0. The third-order valence-corrected chi connectivity index (χ3v) is 5.28. The Labute approximate surface area is 122 Å². The molecule has 0 bridgehead atoms. The van der Waals surface area contributed by atoms with E-state index in [2.05, 4.69) is 33.0 Å². The zero-order valence-corrected chi connectivity index (χ0v) is 13.3. The Balaban J connectivity index is 2.17. The Kier molecular flexibility index (Phi) is 4.12. The molecule has 2 fully saturated rings. The summed E-state index contributed by atoms with van der Waals surface area (Å²) < 4.78 is 0. The molecule has 0 aromatic heterocycles. The van der Waals surface area contributed by atoms with Crippen molar-refractivity contribution in [3.05, 3.63) is 0 Å². The van der Waals surface area contributed by atoms with Crippen LogP contribution < -0.4 is 5.32 Å². The van der Waals surface area contributed by atoms with Gasteiger partial charge in [-0.1, -0.05) is 47.0 Å². The third-order valence-electron chi connectivity index (χ3n) is 5.28. The minimum Gasteiger partial charge on any atom is -0.340 e. The van der Waals surface area contributed by atoms with Gasteiger partial charge in [-0.2, -0.15) is 0 Å². The zero-order valence-electron chi connectivity index (χ0n) is 13.3. The monoisotopic (exact) mass is 280 g/mol. The number of nitrogens with one attached hydrogen (secondary N) is 1. The van der Waals surface area contributed by atoms with Crippen molar-refractivity contribution in [2.45, 2.75) is 65.3 Å². The molecule has 1 aliphatic heterocycles. The van der Waals surface area contributed by atoms with Crippen LogP contribution in [0.3, 0.4) is 0 Å². The van der Waals surface area contributed by atoms with Crippen molar-refractivity contribution >= 4 is 11.8 Å². The van der Waals surface area contributed by atoms with Crippen LogP contribution in [0.1, 0.15) is 59.8 Å². The van der Waals surface area contributed by atoms with Crippen molar-refractivity contribution < 1.29 is 9.59 Å². The predicted octanol–water partition coefficient (Wildman–Crippen LogP) is 2.33. The van der Waals surface area contributed by atoms with Gasteiger partial charge >= 0.3 is 0 Å². The molecule has 1 aliphatic carbocycles. The quantitative estimate of drug-likeness (QED) is 0.862. The molecule has 2 aliphatic rings. The first-order valence-corrected chi connectivity index (χ1v) is 7.87. The van der Waals surface area contributed by atoms with Crippen LogP contribution in [0.15, 0.2) is 0 Å². The number of carbonyl (C=O) groups excluding carboxylic acids is 2. The molecule has 2 rings (SSSR count). The summed E-state index contributed by atoms with van der Waals surface area (Å²) in [4.78, 5) is 26.7. The van der Waals surface area contributed by atoms with E-state index in [1.807, 2.05) is 0 Å². The zero-order chi connectivity index (χ0) is 15.0. The molecular weight excluding hydrogens is 252 g/mol. The van der Waals surface area contributed by atoms with E-state index in [1.165, 1.54) is 6.42 Å². The summed E-state index contributed by atoms with van der Waals surface area (Å²) in [6, 6.07) is 0. The number of hydrogen-bond acceptors (Lipinski definition) is 2. The second-order valence-corrected chi connectivity index (χ2v) is 7.50. The van der Waals surface area contributed by atoms with Gasteiger partial charge in [0.1, 0.15) is 5.54 Å². The Morgan fingerprint density at radius 1 is 1.20 bits per heavy atom. The SMILES string of the molecule is CC(C)C(C)(C)CN1CC(=O)NC2(CCCCC2)C1=O. The maximum atomic E-state index is 12.9. The number of hydrogen-bond donors (Lipinski definition) is 1. The van der Waals surface area contributed by atoms with Crippen molar-refractivity contribution in [3.63, 3.8) is 0 Å². The van der Waals surface area contributed by atoms with Crippen LogP contribution in [0.2, 0.25) is 0 Å². The van der Waals surface area contributed by atoms with Gasteiger partial charge in [-0.25, -0.2) is 0 Å². The second-order valence-electron chi connectivity index (χ2n) is 7.50. The van der Waals surface area contributed by atoms with Crippen LogP contribution in [0.4, 0.5) is 0 Å². The van der Waals surface area contributed by atoms with Gasteiger partial charge in [0.05, 0.1) is 6.54 Å². The van der Waals surface area contributed by atoms with E-state index < -0.39 is 5.54 Å². The predicted molar refractivity (Wildman–Crippen MR) is 79.2 cm³/mol. The molecule has 1 N–H and O–H groups in total. The van der Waals surface area contributed by atoms with Gasteiger partial charge in [0.15, 0.2) is 0 Å². The van der Waals surface area contributed by atoms with Gasteiger partial charge in [-0.15, -0.1) is 0 Å². The van der Waals surface area contributed by atoms with Gasteiger partial charge in [-0.3, -0.25) is 9.59 Å². The molecule has 0 radical (unpaired) electrons. The minimum absolute atomic E-state index is 0.00561. The fraction of sp³-hybridized carbons (Fsp3) is 0.875. The van der Waals surface area contributed by atoms with Crippen molar-refractivity contribution in [2.75, 3.05) is 13.1 Å². The largest absolute Gasteiger partial charge is 0.340 e. The Morgan fingerprint density at radius 2 is 1.80 bits per heavy atom. The summed E-state index contributed by atoms with van der Waals surface area (Å²) in [5.74, 6) is 0.624. The molecule has 0 unspecified atom stereocenters. The van der Waals surface area contributed by atoms with Crippen molar-refractivity contribution in [3.8, 4) is 0 Å². The smallest absolute Gasteiger partial charge is 0.248 e. The lowest BCUT2D eigenvalue weighted by Gasteiger charge is -2.46. The second kappa shape index (κ2) is 5.38. The van der Waals surface area contributed by atoms with Crippen LogP contribution in [-0.2, 0) is 9.59 Å². The molecule has 20 heavy (non-hydrogen) atoms. The van der Waals surface area contributed by atoms with E-state index in [0.717, 1.165) is 25.7 Å². The summed E-state index contributed by atoms with van der Waals surface area (Å²) in [6.07, 6.45) is 4.84. The summed E-state index contributed by atoms with van der Waals surface area (Å²) in [5, 5.41) is 3.00. The number of nitrogens with zero attached hydrogens (tertiary/aromatic N) is 1. The first-order chi connectivity index (χ1) is 9.27. The van der Waals surface area contributed by atoms with E-state index in [-0.39, 0.29) is 23.8 Å². The lowest BCUT2D eigenvalue weighted by Crippen LogP contribution is -2.68. The summed E-state index contributed by atoms with van der Waals surface area (Å²) in [7, 11) is 0. The molecule has 0 aromatic carbocycles. The van der Waals surface area contributed by atoms with Gasteiger partial charge in [0.25, 0.3) is 0 Å². The average molecular weight is 280 g/mol. The van der Waals surface area contributed by atoms with Crippen LogP contribution in [-0.4, -0.2) is 35.3 Å². The van der Waals surface area contributed by atoms with E-state index in [9.17, 15) is 9.59 Å². The highest BCUT2D eigenvalue weighted by Crippen LogP contribution is 2.34. The highest BCUT2D eigenvalue weighted by Gasteiger charge is 2.47. The minimum atomic E-state index is -0.597. The summed E-state index contributed by atoms with van der Waals surface area (Å²) in [6.45, 7) is 9.57. The van der Waals surface area contributed by atoms with Crippen molar-refractivity contribution in [1.82, 2.24) is 10.2 Å². The van der Waals surface area contributed by atoms with Gasteiger partial charge in [0, 0.05) is 6.54 Å². The van der Waals surface area contributed by atoms with E-state index in [4.69, 9.17) is 0 Å². The highest BCUT2D eigenvalue weighted by atomic mass is 16.2. The maximum absolute atomic E-state index is 12.9. The third kappa shape index (κ3) is 2.84. The molecule has 1 saturated heterocycles. The van der Waals surface area contributed by atoms with Gasteiger partial charge in [0.2, 0.25) is 11.8 Å². The first-order valence-electron chi connectivity index (χ1n) is 7.87. The fourth-order valence-electron chi connectivity index (χ4n) is 3.20. The topological polar surface area (TPSA) is 49.4 Å². The van der Waals surface area contributed by atoms with E-state index in [1.54, 1.807) is 4.90 Å². The van der Waals surface area contributed by atoms with Gasteiger partial charge in [-0.05, 0) is 24.2 Å². The Bertz CT molecular complexity index is 395. The lowest BCUT2D eigenvalue weighted by molar-refractivity contribution is -0.153. The Morgan fingerprint density at radius 3 is 2.35 bits per heavy atom. The molecule has 4 nitrogen and oxygen atoms in total. The van der Waals surface area contributed by atoms with Crippen LogP contribution in [0.25, 0.3) is 0 Å². The van der Waals surface area contributed by atoms with Crippen LogP contribution in [0, 0.1) is 11.3 Å². The first kappa shape index (κ1) is 15.3. The van der Waals surface area contributed by atoms with Crippen molar-refractivity contribution in [1.29, 1.82) is 0 Å². The molecular formula is C16H28N2O2. The standard InChI is InChI=1S/C16H28N2O2/c1-12(2)15(3,4)11-18-10-13(19)17-16(14(18)20)8-6-5-7-9-16/h12H,5-11H2,1-4H3,(H,17,19). The molecule has 1 saturated carbocycles. The number of piperazine rings is 1. The average Bonchev–Trinajstić information content (AvgIpc) is 2.36. The van der Waals surface area contributed by atoms with E-state index in [0.29, 0.717) is 12.5 Å². The number of amides is 2. The van der Waals surface area contributed by atoms with Gasteiger partial charge < -0.3 is 10.2 Å². The molecule has 1 spiro atoms. The Hall–Kier alpha value is -1.06. The number of rotatable bonds is 3. The summed E-state index contributed by atoms with van der Waals surface area (Å²) in [5.41, 5.74) is -0.566. The normalized spacial score (nSPS) is 23.4. The fourth-order valence-corrected chi connectivity index (χ4v) is 3.20. The van der Waals surface area contributed by atoms with Crippen LogP contribution in [0.5, 0.6) is 0 Å². The van der Waals surface area contributed by atoms with E-state index >= 15 is 0 Å². The number of carbonyl (C=O) groups is 2. The lowest BCUT2D eigenvalue weighted by atomic mass is 9.77. The molecule has 0 atom stereocenters. The molecule has 1 heterocycles. The maximum Gasteiger partial charge on any atom is 0.248 e. The molecule has 4 heteroatoms. The molecule has 2 amide bonds. The molecule has 0 aromatic rings. The van der Waals surface area contributed by atoms with Crippen LogP contribution >= 0.6 is 0 Å². The molecule has 114 valence electrons.